The zero-order chi connectivity index (χ0) is 17.1. The van der Waals surface area contributed by atoms with Crippen molar-refractivity contribution in [2.24, 2.45) is 0 Å². The van der Waals surface area contributed by atoms with E-state index in [1.165, 1.54) is 25.7 Å². The quantitative estimate of drug-likeness (QED) is 0.386. The molecular formula is C18H29ClO3S. The third kappa shape index (κ3) is 7.13. The molecule has 0 aromatic heterocycles. The number of methoxy groups -OCH3 is 2. The molecule has 3 nitrogen and oxygen atoms in total. The lowest BCUT2D eigenvalue weighted by molar-refractivity contribution is 0.397. The van der Waals surface area contributed by atoms with Gasteiger partial charge in [-0.2, -0.15) is 0 Å². The van der Waals surface area contributed by atoms with E-state index < -0.39 is 10.8 Å². The smallest absolute Gasteiger partial charge is 0.123 e. The number of benzene rings is 1. The van der Waals surface area contributed by atoms with Gasteiger partial charge in [-0.05, 0) is 18.6 Å². The van der Waals surface area contributed by atoms with Crippen molar-refractivity contribution in [1.82, 2.24) is 0 Å². The molecule has 1 unspecified atom stereocenters. The summed E-state index contributed by atoms with van der Waals surface area (Å²) < 4.78 is 23.1. The van der Waals surface area contributed by atoms with E-state index >= 15 is 0 Å². The highest BCUT2D eigenvalue weighted by Crippen LogP contribution is 2.31. The van der Waals surface area contributed by atoms with Gasteiger partial charge >= 0.3 is 0 Å². The van der Waals surface area contributed by atoms with Crippen LogP contribution in [0.5, 0.6) is 11.5 Å². The normalized spacial score (nSPS) is 12.2. The van der Waals surface area contributed by atoms with Crippen molar-refractivity contribution in [3.63, 3.8) is 0 Å². The average molecular weight is 361 g/mol. The van der Waals surface area contributed by atoms with Crippen LogP contribution in [-0.4, -0.2) is 24.2 Å². The summed E-state index contributed by atoms with van der Waals surface area (Å²) in [5.41, 5.74) is 1.80. The molecule has 1 aromatic carbocycles. The van der Waals surface area contributed by atoms with Crippen LogP contribution in [0.3, 0.4) is 0 Å². The van der Waals surface area contributed by atoms with Crippen LogP contribution < -0.4 is 9.47 Å². The first-order valence-electron chi connectivity index (χ1n) is 8.30. The monoisotopic (exact) mass is 360 g/mol. The second kappa shape index (κ2) is 11.7. The van der Waals surface area contributed by atoms with Crippen molar-refractivity contribution in [3.05, 3.63) is 23.3 Å². The fourth-order valence-electron chi connectivity index (χ4n) is 2.53. The Hall–Kier alpha value is -0.740. The van der Waals surface area contributed by atoms with Gasteiger partial charge < -0.3 is 9.47 Å². The number of halogens is 1. The molecule has 0 aliphatic carbocycles. The summed E-state index contributed by atoms with van der Waals surface area (Å²) in [5, 5.41) is 0. The zero-order valence-electron chi connectivity index (χ0n) is 14.5. The van der Waals surface area contributed by atoms with Gasteiger partial charge in [-0.25, -0.2) is 0 Å². The molecule has 0 spiro atoms. The topological polar surface area (TPSA) is 35.5 Å². The number of alkyl halides is 1. The minimum Gasteiger partial charge on any atom is -0.496 e. The van der Waals surface area contributed by atoms with Crippen molar-refractivity contribution in [2.75, 3.05) is 20.0 Å². The largest absolute Gasteiger partial charge is 0.496 e. The minimum atomic E-state index is -0.877. The first kappa shape index (κ1) is 20.3. The Morgan fingerprint density at radius 3 is 2.13 bits per heavy atom. The molecule has 0 N–H and O–H groups in total. The van der Waals surface area contributed by atoms with E-state index in [0.29, 0.717) is 11.6 Å². The summed E-state index contributed by atoms with van der Waals surface area (Å²) in [5.74, 6) is 3.07. The maximum atomic E-state index is 12.3. The molecule has 0 fully saturated rings. The summed E-state index contributed by atoms with van der Waals surface area (Å²) >= 11 is 5.92. The summed E-state index contributed by atoms with van der Waals surface area (Å²) in [6, 6.07) is 3.78. The van der Waals surface area contributed by atoms with Gasteiger partial charge in [-0.3, -0.25) is 4.21 Å². The zero-order valence-corrected chi connectivity index (χ0v) is 16.1. The van der Waals surface area contributed by atoms with Crippen LogP contribution in [0.1, 0.15) is 56.6 Å². The molecule has 0 aliphatic rings. The van der Waals surface area contributed by atoms with E-state index in [0.717, 1.165) is 41.2 Å². The second-order valence-electron chi connectivity index (χ2n) is 5.67. The molecule has 0 aliphatic heterocycles. The Kier molecular flexibility index (Phi) is 10.4. The molecule has 1 atom stereocenters. The molecule has 0 amide bonds. The number of hydrogen-bond donors (Lipinski definition) is 0. The Morgan fingerprint density at radius 2 is 1.52 bits per heavy atom. The lowest BCUT2D eigenvalue weighted by Crippen LogP contribution is -2.04. The molecule has 132 valence electrons. The molecule has 0 heterocycles. The number of ether oxygens (including phenoxy) is 2. The summed E-state index contributed by atoms with van der Waals surface area (Å²) in [7, 11) is 2.37. The van der Waals surface area contributed by atoms with Crippen LogP contribution in [0, 0.1) is 0 Å². The minimum absolute atomic E-state index is 0.362. The Bertz CT molecular complexity index is 491. The average Bonchev–Trinajstić information content (AvgIpc) is 2.57. The van der Waals surface area contributed by atoms with Crippen LogP contribution in [0.4, 0.5) is 0 Å². The van der Waals surface area contributed by atoms with Gasteiger partial charge in [-0.1, -0.05) is 39.0 Å². The third-order valence-electron chi connectivity index (χ3n) is 3.87. The molecule has 0 bridgehead atoms. The fraction of sp³-hybridized carbons (Fsp3) is 0.667. The van der Waals surface area contributed by atoms with Gasteiger partial charge in [0.2, 0.25) is 0 Å². The van der Waals surface area contributed by atoms with Gasteiger partial charge in [0, 0.05) is 27.7 Å². The lowest BCUT2D eigenvalue weighted by Gasteiger charge is -2.13. The van der Waals surface area contributed by atoms with Crippen molar-refractivity contribution in [2.45, 2.75) is 57.1 Å². The van der Waals surface area contributed by atoms with Gasteiger partial charge in [0.25, 0.3) is 0 Å². The standard InChI is InChI=1S/C18H29ClO3S/c1-4-5-6-7-8-9-10-23(20)14-16-12-17(21-2)15(13-19)11-18(16)22-3/h11-12H,4-10,13-14H2,1-3H3. The summed E-state index contributed by atoms with van der Waals surface area (Å²) in [4.78, 5) is 0. The van der Waals surface area contributed by atoms with Crippen LogP contribution in [0.25, 0.3) is 0 Å². The van der Waals surface area contributed by atoms with E-state index in [1.54, 1.807) is 14.2 Å². The molecule has 1 rings (SSSR count). The highest BCUT2D eigenvalue weighted by atomic mass is 35.5. The fourth-order valence-corrected chi connectivity index (χ4v) is 3.98. The van der Waals surface area contributed by atoms with Crippen molar-refractivity contribution < 1.29 is 13.7 Å². The predicted molar refractivity (Wildman–Crippen MR) is 99.2 cm³/mol. The highest BCUT2D eigenvalue weighted by molar-refractivity contribution is 7.84. The van der Waals surface area contributed by atoms with Gasteiger partial charge in [0.1, 0.15) is 11.5 Å². The Labute approximate surface area is 148 Å². The lowest BCUT2D eigenvalue weighted by atomic mass is 10.1. The third-order valence-corrected chi connectivity index (χ3v) is 5.53. The van der Waals surface area contributed by atoms with Crippen molar-refractivity contribution >= 4 is 22.4 Å². The van der Waals surface area contributed by atoms with E-state index in [4.69, 9.17) is 21.1 Å². The van der Waals surface area contributed by atoms with Crippen LogP contribution in [0.2, 0.25) is 0 Å². The molecule has 0 saturated carbocycles. The van der Waals surface area contributed by atoms with Crippen molar-refractivity contribution in [1.29, 1.82) is 0 Å². The van der Waals surface area contributed by atoms with E-state index in [9.17, 15) is 4.21 Å². The SMILES string of the molecule is CCCCCCCCS(=O)Cc1cc(OC)c(CCl)cc1OC. The van der Waals surface area contributed by atoms with E-state index in [1.807, 2.05) is 12.1 Å². The predicted octanol–water partition coefficient (Wildman–Crippen LogP) is 5.05. The molecule has 0 radical (unpaired) electrons. The van der Waals surface area contributed by atoms with Gasteiger partial charge in [0.15, 0.2) is 0 Å². The van der Waals surface area contributed by atoms with Crippen LogP contribution >= 0.6 is 11.6 Å². The summed E-state index contributed by atoms with van der Waals surface area (Å²) in [6.07, 6.45) is 7.27. The molecule has 5 heteroatoms. The number of unbranched alkanes of at least 4 members (excludes halogenated alkanes) is 5. The van der Waals surface area contributed by atoms with E-state index in [2.05, 4.69) is 6.92 Å². The molecule has 1 aromatic rings. The van der Waals surface area contributed by atoms with Gasteiger partial charge in [-0.15, -0.1) is 11.6 Å². The maximum Gasteiger partial charge on any atom is 0.123 e. The second-order valence-corrected chi connectivity index (χ2v) is 7.51. The first-order valence-corrected chi connectivity index (χ1v) is 10.3. The number of rotatable bonds is 12. The first-order chi connectivity index (χ1) is 11.2. The summed E-state index contributed by atoms with van der Waals surface area (Å²) in [6.45, 7) is 2.21. The molecule has 0 saturated heterocycles. The van der Waals surface area contributed by atoms with Crippen LogP contribution in [-0.2, 0) is 22.4 Å². The molecular weight excluding hydrogens is 332 g/mol. The number of hydrogen-bond acceptors (Lipinski definition) is 3. The molecule has 23 heavy (non-hydrogen) atoms. The van der Waals surface area contributed by atoms with Crippen molar-refractivity contribution in [3.8, 4) is 11.5 Å². The Morgan fingerprint density at radius 1 is 0.957 bits per heavy atom. The van der Waals surface area contributed by atoms with E-state index in [-0.39, 0.29) is 0 Å². The van der Waals surface area contributed by atoms with Crippen LogP contribution in [0.15, 0.2) is 12.1 Å². The maximum absolute atomic E-state index is 12.3. The highest BCUT2D eigenvalue weighted by Gasteiger charge is 2.13. The van der Waals surface area contributed by atoms with Gasteiger partial charge in [0.05, 0.1) is 25.9 Å². The Balaban J connectivity index is 2.56.